The largest absolute Gasteiger partial charge is 0.497 e. The van der Waals surface area contributed by atoms with Crippen molar-refractivity contribution in [3.8, 4) is 5.75 Å². The van der Waals surface area contributed by atoms with Gasteiger partial charge in [0.15, 0.2) is 0 Å². The quantitative estimate of drug-likeness (QED) is 0.626. The Bertz CT molecular complexity index is 520. The molecule has 20 heavy (non-hydrogen) atoms. The van der Waals surface area contributed by atoms with Gasteiger partial charge < -0.3 is 4.74 Å². The van der Waals surface area contributed by atoms with Gasteiger partial charge in [-0.1, -0.05) is 49.7 Å². The Morgan fingerprint density at radius 3 is 2.00 bits per heavy atom. The molecule has 0 aliphatic carbocycles. The predicted molar refractivity (Wildman–Crippen MR) is 82.6 cm³/mol. The van der Waals surface area contributed by atoms with Crippen LogP contribution in [0.4, 0.5) is 0 Å². The summed E-state index contributed by atoms with van der Waals surface area (Å²) in [6.45, 7) is 2.19. The number of hydrazine groups is 1. The van der Waals surface area contributed by atoms with Gasteiger partial charge >= 0.3 is 0 Å². The standard InChI is InChI=1S/C17H22N2O/c1-3-4-13-5-7-14(8-6-13)17(19-18)15-9-11-16(20-2)12-10-15/h5-12,17,19H,3-4,18H2,1-2H3. The second kappa shape index (κ2) is 7.08. The fourth-order valence-electron chi connectivity index (χ4n) is 2.35. The van der Waals surface area contributed by atoms with Gasteiger partial charge in [-0.15, -0.1) is 0 Å². The Morgan fingerprint density at radius 2 is 1.55 bits per heavy atom. The first-order chi connectivity index (χ1) is 9.78. The van der Waals surface area contributed by atoms with Crippen LogP contribution in [-0.2, 0) is 6.42 Å². The minimum Gasteiger partial charge on any atom is -0.497 e. The van der Waals surface area contributed by atoms with E-state index in [-0.39, 0.29) is 6.04 Å². The zero-order valence-electron chi connectivity index (χ0n) is 12.1. The Hall–Kier alpha value is -1.84. The van der Waals surface area contributed by atoms with E-state index >= 15 is 0 Å². The van der Waals surface area contributed by atoms with E-state index in [1.54, 1.807) is 7.11 Å². The maximum absolute atomic E-state index is 5.72. The molecule has 0 heterocycles. The first kappa shape index (κ1) is 14.6. The van der Waals surface area contributed by atoms with Crippen molar-refractivity contribution in [2.45, 2.75) is 25.8 Å². The fraction of sp³-hybridized carbons (Fsp3) is 0.294. The van der Waals surface area contributed by atoms with Gasteiger partial charge in [-0.3, -0.25) is 5.84 Å². The lowest BCUT2D eigenvalue weighted by molar-refractivity contribution is 0.414. The summed E-state index contributed by atoms with van der Waals surface area (Å²) in [4.78, 5) is 0. The molecule has 2 rings (SSSR count). The molecule has 106 valence electrons. The van der Waals surface area contributed by atoms with E-state index in [1.807, 2.05) is 24.3 Å². The van der Waals surface area contributed by atoms with Crippen molar-refractivity contribution in [1.29, 1.82) is 0 Å². The molecule has 3 heteroatoms. The maximum atomic E-state index is 5.72. The van der Waals surface area contributed by atoms with Crippen molar-refractivity contribution in [3.05, 3.63) is 65.2 Å². The summed E-state index contributed by atoms with van der Waals surface area (Å²) in [5, 5.41) is 0. The van der Waals surface area contributed by atoms with E-state index in [0.29, 0.717) is 0 Å². The second-order valence-electron chi connectivity index (χ2n) is 4.86. The molecule has 1 atom stereocenters. The number of rotatable bonds is 6. The number of hydrogen-bond acceptors (Lipinski definition) is 3. The summed E-state index contributed by atoms with van der Waals surface area (Å²) in [5.74, 6) is 6.57. The molecular formula is C17H22N2O. The molecule has 0 saturated heterocycles. The normalized spacial score (nSPS) is 12.2. The van der Waals surface area contributed by atoms with E-state index in [4.69, 9.17) is 10.6 Å². The highest BCUT2D eigenvalue weighted by Crippen LogP contribution is 2.24. The Labute approximate surface area is 120 Å². The van der Waals surface area contributed by atoms with Gasteiger partial charge in [-0.2, -0.15) is 0 Å². The smallest absolute Gasteiger partial charge is 0.118 e. The Morgan fingerprint density at radius 1 is 1.00 bits per heavy atom. The third kappa shape index (κ3) is 3.38. The molecule has 3 nitrogen and oxygen atoms in total. The topological polar surface area (TPSA) is 47.3 Å². The van der Waals surface area contributed by atoms with Gasteiger partial charge in [0, 0.05) is 0 Å². The Kier molecular flexibility index (Phi) is 5.16. The first-order valence-corrected chi connectivity index (χ1v) is 6.97. The van der Waals surface area contributed by atoms with E-state index in [9.17, 15) is 0 Å². The molecule has 0 aliphatic heterocycles. The van der Waals surface area contributed by atoms with Gasteiger partial charge in [-0.05, 0) is 35.2 Å². The number of nitrogens with one attached hydrogen (secondary N) is 1. The zero-order chi connectivity index (χ0) is 14.4. The third-order valence-corrected chi connectivity index (χ3v) is 3.47. The average Bonchev–Trinajstić information content (AvgIpc) is 2.51. The summed E-state index contributed by atoms with van der Waals surface area (Å²) in [7, 11) is 1.67. The molecule has 0 radical (unpaired) electrons. The summed E-state index contributed by atoms with van der Waals surface area (Å²) in [5.41, 5.74) is 6.53. The number of benzene rings is 2. The van der Waals surface area contributed by atoms with Crippen molar-refractivity contribution < 1.29 is 4.74 Å². The molecular weight excluding hydrogens is 248 g/mol. The van der Waals surface area contributed by atoms with Gasteiger partial charge in [-0.25, -0.2) is 5.43 Å². The molecule has 2 aromatic rings. The van der Waals surface area contributed by atoms with E-state index < -0.39 is 0 Å². The van der Waals surface area contributed by atoms with Crippen LogP contribution in [0.15, 0.2) is 48.5 Å². The minimum absolute atomic E-state index is 0.00316. The second-order valence-corrected chi connectivity index (χ2v) is 4.86. The lowest BCUT2D eigenvalue weighted by Gasteiger charge is -2.17. The highest BCUT2D eigenvalue weighted by molar-refractivity contribution is 5.36. The van der Waals surface area contributed by atoms with Crippen LogP contribution in [0, 0.1) is 0 Å². The van der Waals surface area contributed by atoms with Crippen molar-refractivity contribution in [2.24, 2.45) is 5.84 Å². The van der Waals surface area contributed by atoms with Crippen LogP contribution >= 0.6 is 0 Å². The van der Waals surface area contributed by atoms with Crippen molar-refractivity contribution >= 4 is 0 Å². The number of aryl methyl sites for hydroxylation is 1. The Balaban J connectivity index is 2.21. The SMILES string of the molecule is CCCc1ccc(C(NN)c2ccc(OC)cc2)cc1. The first-order valence-electron chi connectivity index (χ1n) is 6.97. The van der Waals surface area contributed by atoms with Crippen molar-refractivity contribution in [1.82, 2.24) is 5.43 Å². The van der Waals surface area contributed by atoms with Crippen LogP contribution in [0.5, 0.6) is 5.75 Å². The van der Waals surface area contributed by atoms with Crippen molar-refractivity contribution in [3.63, 3.8) is 0 Å². The number of methoxy groups -OCH3 is 1. The van der Waals surface area contributed by atoms with Gasteiger partial charge in [0.25, 0.3) is 0 Å². The van der Waals surface area contributed by atoms with Crippen LogP contribution < -0.4 is 16.0 Å². The van der Waals surface area contributed by atoms with E-state index in [1.165, 1.54) is 5.56 Å². The maximum Gasteiger partial charge on any atom is 0.118 e. The van der Waals surface area contributed by atoms with Crippen molar-refractivity contribution in [2.75, 3.05) is 7.11 Å². The number of ether oxygens (including phenoxy) is 1. The van der Waals surface area contributed by atoms with E-state index in [2.05, 4.69) is 36.6 Å². The number of hydrogen-bond donors (Lipinski definition) is 2. The zero-order valence-corrected chi connectivity index (χ0v) is 12.1. The van der Waals surface area contributed by atoms with E-state index in [0.717, 1.165) is 29.7 Å². The summed E-state index contributed by atoms with van der Waals surface area (Å²) < 4.78 is 5.18. The molecule has 0 saturated carbocycles. The van der Waals surface area contributed by atoms with Crippen LogP contribution in [-0.4, -0.2) is 7.11 Å². The van der Waals surface area contributed by atoms with Crippen LogP contribution in [0.2, 0.25) is 0 Å². The molecule has 0 amide bonds. The lowest BCUT2D eigenvalue weighted by Crippen LogP contribution is -2.28. The predicted octanol–water partition coefficient (Wildman–Crippen LogP) is 3.20. The fourth-order valence-corrected chi connectivity index (χ4v) is 2.35. The summed E-state index contributed by atoms with van der Waals surface area (Å²) >= 11 is 0. The molecule has 0 aliphatic rings. The molecule has 3 N–H and O–H groups in total. The van der Waals surface area contributed by atoms with Gasteiger partial charge in [0.1, 0.15) is 5.75 Å². The molecule has 0 fully saturated rings. The van der Waals surface area contributed by atoms with Crippen LogP contribution in [0.1, 0.15) is 36.1 Å². The monoisotopic (exact) mass is 270 g/mol. The summed E-state index contributed by atoms with van der Waals surface area (Å²) in [6, 6.07) is 16.6. The minimum atomic E-state index is -0.00316. The van der Waals surface area contributed by atoms with Gasteiger partial charge in [0.05, 0.1) is 13.2 Å². The van der Waals surface area contributed by atoms with Crippen LogP contribution in [0.25, 0.3) is 0 Å². The average molecular weight is 270 g/mol. The highest BCUT2D eigenvalue weighted by atomic mass is 16.5. The third-order valence-electron chi connectivity index (χ3n) is 3.47. The van der Waals surface area contributed by atoms with Gasteiger partial charge in [0.2, 0.25) is 0 Å². The molecule has 0 bridgehead atoms. The molecule has 2 aromatic carbocycles. The molecule has 1 unspecified atom stereocenters. The summed E-state index contributed by atoms with van der Waals surface area (Å²) in [6.07, 6.45) is 2.28. The molecule has 0 spiro atoms. The van der Waals surface area contributed by atoms with Crippen LogP contribution in [0.3, 0.4) is 0 Å². The number of nitrogens with two attached hydrogens (primary N) is 1. The highest BCUT2D eigenvalue weighted by Gasteiger charge is 2.12. The lowest BCUT2D eigenvalue weighted by atomic mass is 9.97. The molecule has 0 aromatic heterocycles.